The van der Waals surface area contributed by atoms with Gasteiger partial charge in [0.1, 0.15) is 11.3 Å². The van der Waals surface area contributed by atoms with Crippen LogP contribution in [-0.2, 0) is 0 Å². The van der Waals surface area contributed by atoms with E-state index in [9.17, 15) is 9.59 Å². The van der Waals surface area contributed by atoms with Gasteiger partial charge in [-0.15, -0.1) is 0 Å². The van der Waals surface area contributed by atoms with Gasteiger partial charge in [0.05, 0.1) is 23.2 Å². The molecule has 0 saturated carbocycles. The number of halogens is 2. The van der Waals surface area contributed by atoms with Crippen molar-refractivity contribution in [1.29, 1.82) is 0 Å². The van der Waals surface area contributed by atoms with E-state index in [4.69, 9.17) is 32.4 Å². The minimum atomic E-state index is -0.561. The lowest BCUT2D eigenvalue weighted by atomic mass is 10.1. The molecule has 0 atom stereocenters. The molecule has 0 saturated heterocycles. The van der Waals surface area contributed by atoms with E-state index in [1.165, 1.54) is 11.7 Å². The molecule has 0 amide bonds. The Morgan fingerprint density at radius 3 is 2.47 bits per heavy atom. The van der Waals surface area contributed by atoms with Gasteiger partial charge in [-0.05, 0) is 42.5 Å². The van der Waals surface area contributed by atoms with Crippen molar-refractivity contribution >= 4 is 45.3 Å². The van der Waals surface area contributed by atoms with E-state index in [1.807, 2.05) is 6.07 Å². The van der Waals surface area contributed by atoms with Crippen LogP contribution in [0.2, 0.25) is 10.0 Å². The second-order valence-corrected chi connectivity index (χ2v) is 7.85. The van der Waals surface area contributed by atoms with Crippen molar-refractivity contribution in [2.75, 3.05) is 7.11 Å². The van der Waals surface area contributed by atoms with Gasteiger partial charge < -0.3 is 9.15 Å². The van der Waals surface area contributed by atoms with E-state index in [0.717, 1.165) is 0 Å². The summed E-state index contributed by atoms with van der Waals surface area (Å²) in [6.45, 7) is 0. The first-order valence-corrected chi connectivity index (χ1v) is 10.3. The quantitative estimate of drug-likeness (QED) is 0.330. The van der Waals surface area contributed by atoms with E-state index in [1.54, 1.807) is 60.7 Å². The summed E-state index contributed by atoms with van der Waals surface area (Å²) in [6.07, 6.45) is 0. The zero-order valence-electron chi connectivity index (χ0n) is 16.6. The monoisotopic (exact) mass is 464 g/mol. The highest BCUT2D eigenvalue weighted by atomic mass is 35.5. The molecule has 2 aromatic heterocycles. The topological polar surface area (TPSA) is 74.3 Å². The molecule has 5 aromatic rings. The Balaban J connectivity index is 1.96. The van der Waals surface area contributed by atoms with Crippen LogP contribution in [-0.4, -0.2) is 16.7 Å². The minimum absolute atomic E-state index is 0.0889. The Hall–Kier alpha value is -3.61. The van der Waals surface area contributed by atoms with Crippen LogP contribution in [0.5, 0.6) is 5.75 Å². The van der Waals surface area contributed by atoms with E-state index in [-0.39, 0.29) is 27.9 Å². The molecule has 158 valence electrons. The molecule has 0 bridgehead atoms. The second-order valence-electron chi connectivity index (χ2n) is 7.01. The molecule has 0 aliphatic carbocycles. The van der Waals surface area contributed by atoms with Crippen molar-refractivity contribution < 1.29 is 9.15 Å². The Morgan fingerprint density at radius 2 is 1.75 bits per heavy atom. The molecule has 8 heteroatoms. The maximum atomic E-state index is 13.7. The molecule has 0 aliphatic rings. The van der Waals surface area contributed by atoms with Crippen LogP contribution in [0.3, 0.4) is 0 Å². The van der Waals surface area contributed by atoms with Crippen molar-refractivity contribution in [3.63, 3.8) is 0 Å². The van der Waals surface area contributed by atoms with Gasteiger partial charge in [0.15, 0.2) is 11.2 Å². The molecule has 0 radical (unpaired) electrons. The number of methoxy groups -OCH3 is 1. The van der Waals surface area contributed by atoms with Gasteiger partial charge in [-0.2, -0.15) is 4.98 Å². The van der Waals surface area contributed by atoms with Gasteiger partial charge >= 0.3 is 0 Å². The first-order valence-electron chi connectivity index (χ1n) is 9.56. The summed E-state index contributed by atoms with van der Waals surface area (Å²) in [6, 6.07) is 18.5. The molecule has 3 aromatic carbocycles. The first kappa shape index (κ1) is 20.3. The van der Waals surface area contributed by atoms with Crippen LogP contribution in [0.1, 0.15) is 0 Å². The lowest BCUT2D eigenvalue weighted by molar-refractivity contribution is 0.414. The fraction of sp³-hybridized carbons (Fsp3) is 0.0417. The summed E-state index contributed by atoms with van der Waals surface area (Å²) in [4.78, 5) is 31.5. The number of aromatic nitrogens is 2. The maximum Gasteiger partial charge on any atom is 0.273 e. The fourth-order valence-electron chi connectivity index (χ4n) is 3.58. The fourth-order valence-corrected chi connectivity index (χ4v) is 4.07. The molecular weight excluding hydrogens is 451 g/mol. The Labute approximate surface area is 191 Å². The number of ether oxygens (including phenoxy) is 1. The molecule has 0 N–H and O–H groups in total. The van der Waals surface area contributed by atoms with Crippen LogP contribution in [0, 0.1) is 0 Å². The summed E-state index contributed by atoms with van der Waals surface area (Å²) in [7, 11) is 1.51. The molecule has 2 heterocycles. The van der Waals surface area contributed by atoms with Crippen molar-refractivity contribution in [3.05, 3.63) is 97.4 Å². The third kappa shape index (κ3) is 3.25. The van der Waals surface area contributed by atoms with Crippen LogP contribution >= 0.6 is 23.2 Å². The summed E-state index contributed by atoms with van der Waals surface area (Å²) in [5, 5.41) is 0.852. The van der Waals surface area contributed by atoms with E-state index >= 15 is 0 Å². The third-order valence-electron chi connectivity index (χ3n) is 5.10. The van der Waals surface area contributed by atoms with E-state index in [2.05, 4.69) is 4.98 Å². The summed E-state index contributed by atoms with van der Waals surface area (Å²) >= 11 is 12.5. The maximum absolute atomic E-state index is 13.7. The molecule has 6 nitrogen and oxygen atoms in total. The highest BCUT2D eigenvalue weighted by molar-refractivity contribution is 6.36. The lowest BCUT2D eigenvalue weighted by Crippen LogP contribution is -2.26. The number of hydrogen-bond donors (Lipinski definition) is 0. The van der Waals surface area contributed by atoms with E-state index < -0.39 is 11.0 Å². The molecule has 0 unspecified atom stereocenters. The zero-order chi connectivity index (χ0) is 22.4. The highest BCUT2D eigenvalue weighted by Gasteiger charge is 2.21. The predicted octanol–water partition coefficient (Wildman–Crippen LogP) is 5.47. The van der Waals surface area contributed by atoms with Crippen molar-refractivity contribution in [2.24, 2.45) is 0 Å². The van der Waals surface area contributed by atoms with Crippen molar-refractivity contribution in [1.82, 2.24) is 9.55 Å². The normalized spacial score (nSPS) is 11.2. The molecule has 0 spiro atoms. The van der Waals surface area contributed by atoms with Gasteiger partial charge in [0.25, 0.3) is 5.56 Å². The number of fused-ring (bicyclic) bond motifs is 2. The van der Waals surface area contributed by atoms with Gasteiger partial charge in [-0.1, -0.05) is 41.4 Å². The van der Waals surface area contributed by atoms with E-state index in [0.29, 0.717) is 27.0 Å². The molecule has 32 heavy (non-hydrogen) atoms. The number of nitrogens with zero attached hydrogens (tertiary/aromatic N) is 2. The minimum Gasteiger partial charge on any atom is -0.497 e. The smallest absolute Gasteiger partial charge is 0.273 e. The number of hydrogen-bond acceptors (Lipinski definition) is 5. The number of rotatable bonds is 3. The van der Waals surface area contributed by atoms with Gasteiger partial charge in [-0.3, -0.25) is 14.2 Å². The van der Waals surface area contributed by atoms with Crippen LogP contribution in [0.15, 0.2) is 80.7 Å². The van der Waals surface area contributed by atoms with Crippen LogP contribution in [0.4, 0.5) is 0 Å². The van der Waals surface area contributed by atoms with Gasteiger partial charge in [0.2, 0.25) is 11.1 Å². The summed E-state index contributed by atoms with van der Waals surface area (Å²) in [5.41, 5.74) is 0.135. The average Bonchev–Trinajstić information content (AvgIpc) is 2.79. The average molecular weight is 465 g/mol. The third-order valence-corrected chi connectivity index (χ3v) is 5.65. The Kier molecular flexibility index (Phi) is 4.96. The Morgan fingerprint density at radius 1 is 0.969 bits per heavy atom. The number of para-hydroxylation sites is 1. The standard InChI is InChI=1S/C24H14Cl2N2O4/c1-31-15-8-10-17-19(12-15)32-23-20(21(17)29)24(30)28(14-5-3-2-4-6-14)22(27-23)16-9-7-13(25)11-18(16)26/h2-12H,1H3. The zero-order valence-corrected chi connectivity index (χ0v) is 18.1. The molecular formula is C24H14Cl2N2O4. The molecule has 0 fully saturated rings. The summed E-state index contributed by atoms with van der Waals surface area (Å²) < 4.78 is 12.5. The molecule has 0 aliphatic heterocycles. The second kappa shape index (κ2) is 7.82. The van der Waals surface area contributed by atoms with Crippen LogP contribution < -0.4 is 15.7 Å². The summed E-state index contributed by atoms with van der Waals surface area (Å²) in [5.74, 6) is 0.736. The first-order chi connectivity index (χ1) is 15.5. The number of benzene rings is 3. The highest BCUT2D eigenvalue weighted by Crippen LogP contribution is 2.31. The Bertz CT molecular complexity index is 1630. The largest absolute Gasteiger partial charge is 0.497 e. The molecule has 5 rings (SSSR count). The van der Waals surface area contributed by atoms with Gasteiger partial charge in [-0.25, -0.2) is 0 Å². The van der Waals surface area contributed by atoms with Crippen LogP contribution in [0.25, 0.3) is 39.1 Å². The SMILES string of the molecule is COc1ccc2c(=O)c3c(=O)n(-c4ccccc4)c(-c4ccc(Cl)cc4Cl)nc3oc2c1. The predicted molar refractivity (Wildman–Crippen MR) is 125 cm³/mol. The van der Waals surface area contributed by atoms with Gasteiger partial charge in [0, 0.05) is 16.7 Å². The lowest BCUT2D eigenvalue weighted by Gasteiger charge is -2.14. The van der Waals surface area contributed by atoms with Crippen molar-refractivity contribution in [2.45, 2.75) is 0 Å². The van der Waals surface area contributed by atoms with Crippen molar-refractivity contribution in [3.8, 4) is 22.8 Å².